The molecule has 1 aromatic carbocycles. The minimum atomic E-state index is -0.139. The number of hydrogen-bond acceptors (Lipinski definition) is 3. The summed E-state index contributed by atoms with van der Waals surface area (Å²) in [5, 5.41) is 4.13. The van der Waals surface area contributed by atoms with Crippen LogP contribution in [0, 0.1) is 0 Å². The van der Waals surface area contributed by atoms with Gasteiger partial charge in [0.2, 0.25) is 0 Å². The number of hydrogen-bond donors (Lipinski definition) is 2. The highest BCUT2D eigenvalue weighted by Gasteiger charge is 2.28. The molecule has 0 aliphatic carbocycles. The molecule has 2 rings (SSSR count). The fourth-order valence-corrected chi connectivity index (χ4v) is 3.93. The number of rotatable bonds is 5. The van der Waals surface area contributed by atoms with Crippen molar-refractivity contribution < 1.29 is 4.79 Å². The highest BCUT2D eigenvalue weighted by molar-refractivity contribution is 9.10. The van der Waals surface area contributed by atoms with Crippen molar-refractivity contribution in [3.8, 4) is 0 Å². The van der Waals surface area contributed by atoms with Crippen LogP contribution in [0.2, 0.25) is 0 Å². The molecule has 1 aromatic heterocycles. The zero-order chi connectivity index (χ0) is 15.6. The van der Waals surface area contributed by atoms with Gasteiger partial charge in [0.1, 0.15) is 4.88 Å². The Labute approximate surface area is 138 Å². The molecular formula is C16H21BrN2OS. The van der Waals surface area contributed by atoms with Crippen molar-refractivity contribution in [1.29, 1.82) is 0 Å². The number of thiophene rings is 1. The number of carbonyl (C=O) groups is 1. The number of fused-ring (bicyclic) bond motifs is 1. The van der Waals surface area contributed by atoms with Crippen LogP contribution in [0.4, 0.5) is 5.69 Å². The van der Waals surface area contributed by atoms with E-state index in [-0.39, 0.29) is 11.4 Å². The molecule has 0 spiro atoms. The highest BCUT2D eigenvalue weighted by atomic mass is 79.9. The second-order valence-electron chi connectivity index (χ2n) is 5.28. The van der Waals surface area contributed by atoms with E-state index in [2.05, 4.69) is 42.0 Å². The topological polar surface area (TPSA) is 55.1 Å². The SMILES string of the molecule is CCC(CC)(CC)NC(=O)c1sc2ccc(Br)cc2c1N. The van der Waals surface area contributed by atoms with E-state index in [9.17, 15) is 4.79 Å². The average molecular weight is 369 g/mol. The molecular weight excluding hydrogens is 348 g/mol. The maximum absolute atomic E-state index is 12.6. The standard InChI is InChI=1S/C16H21BrN2OS/c1-4-16(5-2,6-3)19-15(20)14-13(18)11-9-10(17)7-8-12(11)21-14/h7-9H,4-6,18H2,1-3H3,(H,19,20). The smallest absolute Gasteiger partial charge is 0.263 e. The third kappa shape index (κ3) is 3.09. The lowest BCUT2D eigenvalue weighted by atomic mass is 9.89. The molecule has 0 unspecified atom stereocenters. The summed E-state index contributed by atoms with van der Waals surface area (Å²) in [7, 11) is 0. The third-order valence-electron chi connectivity index (χ3n) is 4.30. The van der Waals surface area contributed by atoms with Crippen molar-refractivity contribution in [3.63, 3.8) is 0 Å². The molecule has 0 aliphatic heterocycles. The van der Waals surface area contributed by atoms with Gasteiger partial charge in [-0.25, -0.2) is 0 Å². The molecule has 5 heteroatoms. The van der Waals surface area contributed by atoms with Gasteiger partial charge >= 0.3 is 0 Å². The van der Waals surface area contributed by atoms with Crippen LogP contribution in [-0.2, 0) is 0 Å². The van der Waals surface area contributed by atoms with Gasteiger partial charge < -0.3 is 11.1 Å². The number of nitrogens with one attached hydrogen (secondary N) is 1. The summed E-state index contributed by atoms with van der Waals surface area (Å²) in [6.07, 6.45) is 2.76. The van der Waals surface area contributed by atoms with E-state index in [0.717, 1.165) is 33.8 Å². The van der Waals surface area contributed by atoms with E-state index in [4.69, 9.17) is 5.73 Å². The molecule has 1 amide bonds. The maximum Gasteiger partial charge on any atom is 0.263 e. The molecule has 1 heterocycles. The first-order chi connectivity index (χ1) is 9.96. The average Bonchev–Trinajstić information content (AvgIpc) is 2.82. The molecule has 114 valence electrons. The second-order valence-corrected chi connectivity index (χ2v) is 7.25. The molecule has 2 aromatic rings. The number of amides is 1. The minimum absolute atomic E-state index is 0.0598. The molecule has 0 fully saturated rings. The summed E-state index contributed by atoms with van der Waals surface area (Å²) in [5.74, 6) is -0.0598. The van der Waals surface area contributed by atoms with Gasteiger partial charge in [-0.3, -0.25) is 4.79 Å². The zero-order valence-corrected chi connectivity index (χ0v) is 15.0. The Morgan fingerprint density at radius 3 is 2.48 bits per heavy atom. The Bertz CT molecular complexity index is 653. The summed E-state index contributed by atoms with van der Waals surface area (Å²) >= 11 is 4.90. The van der Waals surface area contributed by atoms with Gasteiger partial charge in [0.05, 0.1) is 5.69 Å². The Balaban J connectivity index is 2.38. The van der Waals surface area contributed by atoms with Crippen LogP contribution in [0.5, 0.6) is 0 Å². The van der Waals surface area contributed by atoms with Crippen LogP contribution in [-0.4, -0.2) is 11.4 Å². The van der Waals surface area contributed by atoms with E-state index < -0.39 is 0 Å². The lowest BCUT2D eigenvalue weighted by Gasteiger charge is -2.31. The maximum atomic E-state index is 12.6. The van der Waals surface area contributed by atoms with Crippen LogP contribution in [0.25, 0.3) is 10.1 Å². The first-order valence-corrected chi connectivity index (χ1v) is 8.87. The number of nitrogen functional groups attached to an aromatic ring is 1. The van der Waals surface area contributed by atoms with Gasteiger partial charge in [-0.15, -0.1) is 11.3 Å². The number of nitrogens with two attached hydrogens (primary N) is 1. The largest absolute Gasteiger partial charge is 0.397 e. The van der Waals surface area contributed by atoms with Crippen LogP contribution < -0.4 is 11.1 Å². The Hall–Kier alpha value is -1.07. The van der Waals surface area contributed by atoms with Crippen molar-refractivity contribution in [2.24, 2.45) is 0 Å². The van der Waals surface area contributed by atoms with Crippen molar-refractivity contribution in [2.75, 3.05) is 5.73 Å². The summed E-state index contributed by atoms with van der Waals surface area (Å²) in [6.45, 7) is 6.33. The van der Waals surface area contributed by atoms with Gasteiger partial charge in [-0.05, 0) is 37.5 Å². The number of benzene rings is 1. The van der Waals surface area contributed by atoms with Gasteiger partial charge in [-0.1, -0.05) is 36.7 Å². The molecule has 3 N–H and O–H groups in total. The summed E-state index contributed by atoms with van der Waals surface area (Å²) < 4.78 is 2.01. The van der Waals surface area contributed by atoms with Crippen molar-refractivity contribution in [3.05, 3.63) is 27.5 Å². The van der Waals surface area contributed by atoms with Gasteiger partial charge in [0, 0.05) is 20.1 Å². The Morgan fingerprint density at radius 2 is 1.90 bits per heavy atom. The van der Waals surface area contributed by atoms with E-state index in [1.165, 1.54) is 11.3 Å². The highest BCUT2D eigenvalue weighted by Crippen LogP contribution is 2.35. The van der Waals surface area contributed by atoms with E-state index >= 15 is 0 Å². The minimum Gasteiger partial charge on any atom is -0.397 e. The number of anilines is 1. The number of halogens is 1. The molecule has 0 aliphatic rings. The van der Waals surface area contributed by atoms with E-state index in [1.807, 2.05) is 18.2 Å². The van der Waals surface area contributed by atoms with Crippen LogP contribution >= 0.6 is 27.3 Å². The third-order valence-corrected chi connectivity index (χ3v) is 5.98. The summed E-state index contributed by atoms with van der Waals surface area (Å²) in [6, 6.07) is 5.92. The monoisotopic (exact) mass is 368 g/mol. The molecule has 0 atom stereocenters. The predicted molar refractivity (Wildman–Crippen MR) is 95.0 cm³/mol. The van der Waals surface area contributed by atoms with Crippen molar-refractivity contribution in [1.82, 2.24) is 5.32 Å². The molecule has 3 nitrogen and oxygen atoms in total. The van der Waals surface area contributed by atoms with Crippen LogP contribution in [0.15, 0.2) is 22.7 Å². The molecule has 0 saturated heterocycles. The summed E-state index contributed by atoms with van der Waals surface area (Å²) in [5.41, 5.74) is 6.62. The lowest BCUT2D eigenvalue weighted by Crippen LogP contribution is -2.47. The van der Waals surface area contributed by atoms with E-state index in [1.54, 1.807) is 0 Å². The van der Waals surface area contributed by atoms with Gasteiger partial charge in [-0.2, -0.15) is 0 Å². The zero-order valence-electron chi connectivity index (χ0n) is 12.6. The quantitative estimate of drug-likeness (QED) is 0.784. The van der Waals surface area contributed by atoms with Crippen molar-refractivity contribution in [2.45, 2.75) is 45.6 Å². The Kier molecular flexibility index (Phi) is 4.94. The first kappa shape index (κ1) is 16.3. The molecule has 21 heavy (non-hydrogen) atoms. The fraction of sp³-hybridized carbons (Fsp3) is 0.438. The molecule has 0 bridgehead atoms. The normalized spacial score (nSPS) is 11.8. The number of carbonyl (C=O) groups excluding carboxylic acids is 1. The fourth-order valence-electron chi connectivity index (χ4n) is 2.57. The Morgan fingerprint density at radius 1 is 1.29 bits per heavy atom. The second kappa shape index (κ2) is 6.36. The van der Waals surface area contributed by atoms with Gasteiger partial charge in [0.15, 0.2) is 0 Å². The van der Waals surface area contributed by atoms with Crippen molar-refractivity contribution >= 4 is 48.9 Å². The van der Waals surface area contributed by atoms with E-state index in [0.29, 0.717) is 10.6 Å². The first-order valence-electron chi connectivity index (χ1n) is 7.26. The van der Waals surface area contributed by atoms with Crippen LogP contribution in [0.3, 0.4) is 0 Å². The molecule has 0 saturated carbocycles. The van der Waals surface area contributed by atoms with Gasteiger partial charge in [0.25, 0.3) is 5.91 Å². The van der Waals surface area contributed by atoms with Crippen LogP contribution in [0.1, 0.15) is 49.7 Å². The molecule has 0 radical (unpaired) electrons. The summed E-state index contributed by atoms with van der Waals surface area (Å²) in [4.78, 5) is 13.2. The lowest BCUT2D eigenvalue weighted by molar-refractivity contribution is 0.0893. The predicted octanol–water partition coefficient (Wildman–Crippen LogP) is 4.94.